The Kier molecular flexibility index (Phi) is 5.79. The zero-order valence-electron chi connectivity index (χ0n) is 22.8. The van der Waals surface area contributed by atoms with Crippen molar-refractivity contribution in [3.63, 3.8) is 0 Å². The Hall–Kier alpha value is -5.67. The summed E-state index contributed by atoms with van der Waals surface area (Å²) in [5.41, 5.74) is 9.39. The number of hydrogen-bond donors (Lipinski definition) is 0. The highest BCUT2D eigenvalue weighted by atomic mass is 16.3. The van der Waals surface area contributed by atoms with Gasteiger partial charge in [-0.25, -0.2) is 4.98 Å². The first-order chi connectivity index (χ1) is 20.8. The second-order valence-corrected chi connectivity index (χ2v) is 10.4. The van der Waals surface area contributed by atoms with Crippen LogP contribution in [0.1, 0.15) is 0 Å². The minimum atomic E-state index is 0.668. The van der Waals surface area contributed by atoms with E-state index >= 15 is 0 Å². The van der Waals surface area contributed by atoms with Gasteiger partial charge in [-0.3, -0.25) is 0 Å². The Bertz CT molecular complexity index is 2170. The number of nitrogens with zero attached hydrogens (tertiary/aromatic N) is 2. The van der Waals surface area contributed by atoms with Crippen molar-refractivity contribution < 1.29 is 4.42 Å². The minimum absolute atomic E-state index is 0.668. The van der Waals surface area contributed by atoms with Crippen LogP contribution in [0.3, 0.4) is 0 Å². The van der Waals surface area contributed by atoms with Crippen molar-refractivity contribution in [3.05, 3.63) is 158 Å². The van der Waals surface area contributed by atoms with Crippen molar-refractivity contribution in [2.45, 2.75) is 0 Å². The minimum Gasteiger partial charge on any atom is -0.437 e. The molecule has 0 amide bonds. The Balaban J connectivity index is 1.21. The molecule has 8 rings (SSSR count). The number of fused-ring (bicyclic) bond motifs is 5. The second kappa shape index (κ2) is 10.1. The highest BCUT2D eigenvalue weighted by Gasteiger charge is 2.17. The lowest BCUT2D eigenvalue weighted by molar-refractivity contribution is 0.655. The van der Waals surface area contributed by atoms with Crippen molar-refractivity contribution in [1.29, 1.82) is 0 Å². The molecule has 3 heteroatoms. The number of hydrogen-bond acceptors (Lipinski definition) is 3. The van der Waals surface area contributed by atoms with Gasteiger partial charge >= 0.3 is 0 Å². The topological polar surface area (TPSA) is 29.3 Å². The Morgan fingerprint density at radius 1 is 0.452 bits per heavy atom. The number of aromatic nitrogens is 1. The summed E-state index contributed by atoms with van der Waals surface area (Å²) in [5, 5.41) is 4.42. The fourth-order valence-electron chi connectivity index (χ4n) is 5.90. The van der Waals surface area contributed by atoms with Gasteiger partial charge in [0.1, 0.15) is 5.58 Å². The lowest BCUT2D eigenvalue weighted by Crippen LogP contribution is -2.09. The zero-order valence-corrected chi connectivity index (χ0v) is 22.8. The monoisotopic (exact) mass is 538 g/mol. The number of rotatable bonds is 5. The van der Waals surface area contributed by atoms with Gasteiger partial charge in [0.05, 0.1) is 5.39 Å². The van der Waals surface area contributed by atoms with Crippen LogP contribution in [-0.2, 0) is 0 Å². The third-order valence-corrected chi connectivity index (χ3v) is 7.93. The van der Waals surface area contributed by atoms with E-state index in [1.807, 2.05) is 18.3 Å². The molecule has 198 valence electrons. The maximum Gasteiger partial charge on any atom is 0.227 e. The highest BCUT2D eigenvalue weighted by Crippen LogP contribution is 2.40. The lowest BCUT2D eigenvalue weighted by atomic mass is 10.0. The van der Waals surface area contributed by atoms with Crippen LogP contribution < -0.4 is 4.90 Å². The molecule has 0 N–H and O–H groups in total. The van der Waals surface area contributed by atoms with Gasteiger partial charge in [-0.2, -0.15) is 0 Å². The van der Waals surface area contributed by atoms with Gasteiger partial charge < -0.3 is 9.32 Å². The number of pyridine rings is 1. The van der Waals surface area contributed by atoms with Crippen LogP contribution in [0, 0.1) is 0 Å². The molecule has 0 unspecified atom stereocenters. The van der Waals surface area contributed by atoms with Gasteiger partial charge in [-0.15, -0.1) is 0 Å². The standard InChI is InChI=1S/C39H26N2O/c1-3-10-27(11-4-1)28-18-22-32(23-19-28)41(31-13-5-2-6-14-31)33-24-20-29(21-25-33)35-16-9-17-36-37-34-15-8-7-12-30(34)26-40-39(37)42-38(35)36/h1-26H. The highest BCUT2D eigenvalue weighted by molar-refractivity contribution is 6.19. The molecule has 3 nitrogen and oxygen atoms in total. The van der Waals surface area contributed by atoms with Gasteiger partial charge in [0.25, 0.3) is 0 Å². The van der Waals surface area contributed by atoms with Gasteiger partial charge in [-0.05, 0) is 58.5 Å². The smallest absolute Gasteiger partial charge is 0.227 e. The molecule has 0 saturated carbocycles. The zero-order chi connectivity index (χ0) is 27.9. The molecule has 0 radical (unpaired) electrons. The van der Waals surface area contributed by atoms with Crippen LogP contribution in [0.2, 0.25) is 0 Å². The quantitative estimate of drug-likeness (QED) is 0.218. The summed E-state index contributed by atoms with van der Waals surface area (Å²) in [6.45, 7) is 0. The van der Waals surface area contributed by atoms with Crippen LogP contribution in [0.25, 0.3) is 55.1 Å². The van der Waals surface area contributed by atoms with Crippen LogP contribution >= 0.6 is 0 Å². The van der Waals surface area contributed by atoms with E-state index in [0.717, 1.165) is 55.3 Å². The predicted octanol–water partition coefficient (Wildman–Crippen LogP) is 10.9. The largest absolute Gasteiger partial charge is 0.437 e. The molecule has 0 aliphatic rings. The summed E-state index contributed by atoms with van der Waals surface area (Å²) in [5.74, 6) is 0. The number of benzene rings is 6. The summed E-state index contributed by atoms with van der Waals surface area (Å²) < 4.78 is 6.39. The van der Waals surface area contributed by atoms with Crippen LogP contribution in [0.15, 0.2) is 162 Å². The first-order valence-electron chi connectivity index (χ1n) is 14.1. The molecular weight excluding hydrogens is 512 g/mol. The van der Waals surface area contributed by atoms with E-state index in [2.05, 4.69) is 149 Å². The molecule has 8 aromatic rings. The number of anilines is 3. The van der Waals surface area contributed by atoms with E-state index in [9.17, 15) is 0 Å². The molecule has 0 aliphatic carbocycles. The predicted molar refractivity (Wildman–Crippen MR) is 175 cm³/mol. The van der Waals surface area contributed by atoms with Gasteiger partial charge in [-0.1, -0.05) is 115 Å². The summed E-state index contributed by atoms with van der Waals surface area (Å²) in [4.78, 5) is 6.93. The third-order valence-electron chi connectivity index (χ3n) is 7.93. The van der Waals surface area contributed by atoms with E-state index in [-0.39, 0.29) is 0 Å². The maximum absolute atomic E-state index is 6.39. The number of para-hydroxylation sites is 2. The SMILES string of the molecule is c1ccc(-c2ccc(N(c3ccccc3)c3ccc(-c4cccc5c4oc4ncc6ccccc6c45)cc3)cc2)cc1. The van der Waals surface area contributed by atoms with Crippen LogP contribution in [-0.4, -0.2) is 4.98 Å². The molecule has 2 heterocycles. The van der Waals surface area contributed by atoms with Crippen molar-refractivity contribution in [1.82, 2.24) is 4.98 Å². The van der Waals surface area contributed by atoms with E-state index < -0.39 is 0 Å². The van der Waals surface area contributed by atoms with Gasteiger partial charge in [0.15, 0.2) is 0 Å². The molecule has 6 aromatic carbocycles. The van der Waals surface area contributed by atoms with E-state index in [1.54, 1.807) is 0 Å². The number of furan rings is 1. The fourth-order valence-corrected chi connectivity index (χ4v) is 5.90. The molecule has 0 atom stereocenters. The molecule has 2 aromatic heterocycles. The third kappa shape index (κ3) is 4.11. The fraction of sp³-hybridized carbons (Fsp3) is 0. The first kappa shape index (κ1) is 24.2. The lowest BCUT2D eigenvalue weighted by Gasteiger charge is -2.26. The average molecular weight is 539 g/mol. The Morgan fingerprint density at radius 2 is 1.02 bits per heavy atom. The van der Waals surface area contributed by atoms with Crippen LogP contribution in [0.4, 0.5) is 17.1 Å². The molecule has 0 spiro atoms. The van der Waals surface area contributed by atoms with Crippen LogP contribution in [0.5, 0.6) is 0 Å². The molecular formula is C39H26N2O. The summed E-state index contributed by atoms with van der Waals surface area (Å²) in [6, 6.07) is 53.2. The van der Waals surface area contributed by atoms with E-state index in [4.69, 9.17) is 4.42 Å². The molecule has 42 heavy (non-hydrogen) atoms. The maximum atomic E-state index is 6.39. The van der Waals surface area contributed by atoms with Crippen molar-refractivity contribution >= 4 is 49.9 Å². The molecule has 0 fully saturated rings. The Morgan fingerprint density at radius 3 is 1.76 bits per heavy atom. The second-order valence-electron chi connectivity index (χ2n) is 10.4. The molecule has 0 bridgehead atoms. The van der Waals surface area contributed by atoms with Gasteiger partial charge in [0.2, 0.25) is 5.71 Å². The first-order valence-corrected chi connectivity index (χ1v) is 14.1. The van der Waals surface area contributed by atoms with E-state index in [1.165, 1.54) is 11.1 Å². The summed E-state index contributed by atoms with van der Waals surface area (Å²) in [6.07, 6.45) is 1.89. The summed E-state index contributed by atoms with van der Waals surface area (Å²) >= 11 is 0. The van der Waals surface area contributed by atoms with Crippen molar-refractivity contribution in [2.75, 3.05) is 4.90 Å². The van der Waals surface area contributed by atoms with E-state index in [0.29, 0.717) is 5.71 Å². The Labute approximate surface area is 243 Å². The molecule has 0 saturated heterocycles. The average Bonchev–Trinajstić information content (AvgIpc) is 3.46. The van der Waals surface area contributed by atoms with Crippen molar-refractivity contribution in [2.24, 2.45) is 0 Å². The van der Waals surface area contributed by atoms with Gasteiger partial charge in [0, 0.05) is 39.6 Å². The van der Waals surface area contributed by atoms with Crippen molar-refractivity contribution in [3.8, 4) is 22.3 Å². The molecule has 0 aliphatic heterocycles. The summed E-state index contributed by atoms with van der Waals surface area (Å²) in [7, 11) is 0. The normalized spacial score (nSPS) is 11.3.